The normalized spacial score (nSPS) is 14.9. The topological polar surface area (TPSA) is 30.5 Å². The van der Waals surface area contributed by atoms with E-state index in [0.717, 1.165) is 36.4 Å². The fourth-order valence-corrected chi connectivity index (χ4v) is 2.21. The van der Waals surface area contributed by atoms with Gasteiger partial charge in [0.25, 0.3) is 0 Å². The number of hydrogen-bond acceptors (Lipinski definition) is 3. The highest BCUT2D eigenvalue weighted by Crippen LogP contribution is 2.38. The lowest BCUT2D eigenvalue weighted by Crippen LogP contribution is -2.23. The lowest BCUT2D eigenvalue weighted by molar-refractivity contribution is 0.168. The molecule has 0 aliphatic carbocycles. The lowest BCUT2D eigenvalue weighted by atomic mass is 10.00. The van der Waals surface area contributed by atoms with E-state index in [2.05, 4.69) is 24.2 Å². The largest absolute Gasteiger partial charge is 0.486 e. The summed E-state index contributed by atoms with van der Waals surface area (Å²) in [7, 11) is 0. The molecule has 2 rings (SSSR count). The molecule has 0 radical (unpaired) electrons. The standard InChI is InChI=1S/C15H19NO2/c1-3-5-8-13(16-4-2)12-7-6-9-14-15(12)18-11-10-17-14/h1,6-7,9,13,16H,4-5,8,10-11H2,2H3. The average molecular weight is 245 g/mol. The third-order valence-corrected chi connectivity index (χ3v) is 3.00. The summed E-state index contributed by atoms with van der Waals surface area (Å²) in [5.41, 5.74) is 1.14. The summed E-state index contributed by atoms with van der Waals surface area (Å²) < 4.78 is 11.3. The fourth-order valence-electron chi connectivity index (χ4n) is 2.21. The Hall–Kier alpha value is -1.66. The van der Waals surface area contributed by atoms with Crippen LogP contribution in [0.2, 0.25) is 0 Å². The first-order valence-electron chi connectivity index (χ1n) is 6.42. The molecule has 1 aromatic rings. The van der Waals surface area contributed by atoms with Crippen molar-refractivity contribution in [1.29, 1.82) is 0 Å². The molecule has 0 aromatic heterocycles. The summed E-state index contributed by atoms with van der Waals surface area (Å²) in [5.74, 6) is 4.40. The van der Waals surface area contributed by atoms with Crippen molar-refractivity contribution in [2.75, 3.05) is 19.8 Å². The predicted octanol–water partition coefficient (Wildman–Crippen LogP) is 2.52. The van der Waals surface area contributed by atoms with Crippen molar-refractivity contribution >= 4 is 0 Å². The van der Waals surface area contributed by atoms with Gasteiger partial charge < -0.3 is 14.8 Å². The molecular formula is C15H19NO2. The summed E-state index contributed by atoms with van der Waals surface area (Å²) in [4.78, 5) is 0. The van der Waals surface area contributed by atoms with Crippen LogP contribution in [-0.2, 0) is 0 Å². The van der Waals surface area contributed by atoms with Gasteiger partial charge in [0, 0.05) is 18.0 Å². The van der Waals surface area contributed by atoms with Crippen LogP contribution in [0.1, 0.15) is 31.4 Å². The first-order chi connectivity index (χ1) is 8.86. The Morgan fingerprint density at radius 3 is 3.00 bits per heavy atom. The van der Waals surface area contributed by atoms with E-state index in [1.54, 1.807) is 0 Å². The van der Waals surface area contributed by atoms with Crippen LogP contribution in [0.25, 0.3) is 0 Å². The summed E-state index contributed by atoms with van der Waals surface area (Å²) >= 11 is 0. The van der Waals surface area contributed by atoms with Gasteiger partial charge in [-0.2, -0.15) is 0 Å². The molecule has 0 fully saturated rings. The van der Waals surface area contributed by atoms with Gasteiger partial charge in [0.2, 0.25) is 0 Å². The lowest BCUT2D eigenvalue weighted by Gasteiger charge is -2.25. The molecule has 1 aliphatic heterocycles. The second-order valence-corrected chi connectivity index (χ2v) is 4.22. The summed E-state index contributed by atoms with van der Waals surface area (Å²) in [6.07, 6.45) is 7.01. The van der Waals surface area contributed by atoms with Gasteiger partial charge in [0.15, 0.2) is 11.5 Å². The molecule has 0 saturated heterocycles. The number of nitrogens with one attached hydrogen (secondary N) is 1. The molecule has 0 bridgehead atoms. The molecule has 1 atom stereocenters. The van der Waals surface area contributed by atoms with E-state index >= 15 is 0 Å². The van der Waals surface area contributed by atoms with Crippen LogP contribution in [-0.4, -0.2) is 19.8 Å². The zero-order chi connectivity index (χ0) is 12.8. The Balaban J connectivity index is 2.26. The Morgan fingerprint density at radius 2 is 2.22 bits per heavy atom. The third-order valence-electron chi connectivity index (χ3n) is 3.00. The SMILES string of the molecule is C#CCCC(NCC)c1cccc2c1OCCO2. The van der Waals surface area contributed by atoms with Gasteiger partial charge in [-0.1, -0.05) is 19.1 Å². The number of fused-ring (bicyclic) bond motifs is 1. The Morgan fingerprint density at radius 1 is 1.39 bits per heavy atom. The van der Waals surface area contributed by atoms with Crippen LogP contribution in [0.4, 0.5) is 0 Å². The second-order valence-electron chi connectivity index (χ2n) is 4.22. The highest BCUT2D eigenvalue weighted by molar-refractivity contribution is 5.48. The Kier molecular flexibility index (Phi) is 4.49. The second kappa shape index (κ2) is 6.32. The maximum absolute atomic E-state index is 5.75. The first kappa shape index (κ1) is 12.8. The van der Waals surface area contributed by atoms with Crippen molar-refractivity contribution in [1.82, 2.24) is 5.32 Å². The average Bonchev–Trinajstić information content (AvgIpc) is 2.43. The molecule has 1 heterocycles. The van der Waals surface area contributed by atoms with Gasteiger partial charge in [-0.05, 0) is 19.0 Å². The van der Waals surface area contributed by atoms with Gasteiger partial charge >= 0.3 is 0 Å². The molecule has 1 aliphatic rings. The van der Waals surface area contributed by atoms with Crippen molar-refractivity contribution in [3.63, 3.8) is 0 Å². The van der Waals surface area contributed by atoms with Crippen molar-refractivity contribution in [3.8, 4) is 23.8 Å². The van der Waals surface area contributed by atoms with E-state index in [1.165, 1.54) is 0 Å². The molecule has 3 heteroatoms. The number of ether oxygens (including phenoxy) is 2. The van der Waals surface area contributed by atoms with Crippen molar-refractivity contribution in [3.05, 3.63) is 23.8 Å². The number of benzene rings is 1. The van der Waals surface area contributed by atoms with E-state index in [0.29, 0.717) is 13.2 Å². The minimum atomic E-state index is 0.225. The number of terminal acetylenes is 1. The van der Waals surface area contributed by atoms with Crippen molar-refractivity contribution < 1.29 is 9.47 Å². The molecule has 0 saturated carbocycles. The highest BCUT2D eigenvalue weighted by atomic mass is 16.6. The molecule has 96 valence electrons. The van der Waals surface area contributed by atoms with E-state index in [-0.39, 0.29) is 6.04 Å². The quantitative estimate of drug-likeness (QED) is 0.809. The van der Waals surface area contributed by atoms with Gasteiger partial charge in [-0.15, -0.1) is 12.3 Å². The van der Waals surface area contributed by atoms with E-state index < -0.39 is 0 Å². The highest BCUT2D eigenvalue weighted by Gasteiger charge is 2.21. The minimum Gasteiger partial charge on any atom is -0.486 e. The minimum absolute atomic E-state index is 0.225. The van der Waals surface area contributed by atoms with Crippen LogP contribution in [0, 0.1) is 12.3 Å². The number of para-hydroxylation sites is 1. The maximum atomic E-state index is 5.75. The Labute approximate surface area is 108 Å². The molecule has 1 aromatic carbocycles. The van der Waals surface area contributed by atoms with Gasteiger partial charge in [-0.25, -0.2) is 0 Å². The Bertz CT molecular complexity index is 437. The molecule has 1 N–H and O–H groups in total. The fraction of sp³-hybridized carbons (Fsp3) is 0.467. The molecule has 0 amide bonds. The van der Waals surface area contributed by atoms with Crippen LogP contribution < -0.4 is 14.8 Å². The van der Waals surface area contributed by atoms with E-state index in [4.69, 9.17) is 15.9 Å². The summed E-state index contributed by atoms with van der Waals surface area (Å²) in [6.45, 7) is 4.22. The van der Waals surface area contributed by atoms with Crippen LogP contribution in [0.5, 0.6) is 11.5 Å². The zero-order valence-corrected chi connectivity index (χ0v) is 10.7. The molecular weight excluding hydrogens is 226 g/mol. The summed E-state index contributed by atoms with van der Waals surface area (Å²) in [6, 6.07) is 6.26. The molecule has 3 nitrogen and oxygen atoms in total. The first-order valence-corrected chi connectivity index (χ1v) is 6.42. The van der Waals surface area contributed by atoms with Crippen LogP contribution >= 0.6 is 0 Å². The van der Waals surface area contributed by atoms with Gasteiger partial charge in [0.05, 0.1) is 0 Å². The monoisotopic (exact) mass is 245 g/mol. The van der Waals surface area contributed by atoms with Gasteiger partial charge in [0.1, 0.15) is 13.2 Å². The molecule has 0 spiro atoms. The maximum Gasteiger partial charge on any atom is 0.166 e. The summed E-state index contributed by atoms with van der Waals surface area (Å²) in [5, 5.41) is 3.45. The van der Waals surface area contributed by atoms with Crippen molar-refractivity contribution in [2.24, 2.45) is 0 Å². The number of rotatable bonds is 5. The van der Waals surface area contributed by atoms with Gasteiger partial charge in [-0.3, -0.25) is 0 Å². The number of hydrogen-bond donors (Lipinski definition) is 1. The van der Waals surface area contributed by atoms with E-state index in [9.17, 15) is 0 Å². The molecule has 1 unspecified atom stereocenters. The van der Waals surface area contributed by atoms with Crippen LogP contribution in [0.3, 0.4) is 0 Å². The van der Waals surface area contributed by atoms with Crippen molar-refractivity contribution in [2.45, 2.75) is 25.8 Å². The zero-order valence-electron chi connectivity index (χ0n) is 10.7. The smallest absolute Gasteiger partial charge is 0.166 e. The van der Waals surface area contributed by atoms with E-state index in [1.807, 2.05) is 12.1 Å². The third kappa shape index (κ3) is 2.77. The molecule has 18 heavy (non-hydrogen) atoms. The predicted molar refractivity (Wildman–Crippen MR) is 71.9 cm³/mol. The van der Waals surface area contributed by atoms with Crippen LogP contribution in [0.15, 0.2) is 18.2 Å².